The van der Waals surface area contributed by atoms with Crippen molar-refractivity contribution in [3.63, 3.8) is 0 Å². The standard InChI is InChI=1S/C11H21N3O3S/c1-18(16,17)14-7-4-9(5-8-14)13-11(15)10-3-2-6-12-10/h9-10,12H,2-8H2,1H3,(H,13,15)/t10-/m0/s1. The number of piperidine rings is 1. The lowest BCUT2D eigenvalue weighted by Gasteiger charge is -2.31. The molecule has 18 heavy (non-hydrogen) atoms. The van der Waals surface area contributed by atoms with Crippen molar-refractivity contribution in [2.24, 2.45) is 0 Å². The zero-order valence-electron chi connectivity index (χ0n) is 10.7. The maximum Gasteiger partial charge on any atom is 0.237 e. The fourth-order valence-electron chi connectivity index (χ4n) is 2.54. The van der Waals surface area contributed by atoms with Crippen LogP contribution in [-0.2, 0) is 14.8 Å². The Morgan fingerprint density at radius 1 is 1.28 bits per heavy atom. The minimum atomic E-state index is -3.09. The quantitative estimate of drug-likeness (QED) is 0.712. The first-order valence-corrected chi connectivity index (χ1v) is 8.30. The Bertz CT molecular complexity index is 396. The summed E-state index contributed by atoms with van der Waals surface area (Å²) >= 11 is 0. The van der Waals surface area contributed by atoms with E-state index in [1.165, 1.54) is 10.6 Å². The fourth-order valence-corrected chi connectivity index (χ4v) is 3.42. The maximum atomic E-state index is 11.9. The van der Waals surface area contributed by atoms with Gasteiger partial charge >= 0.3 is 0 Å². The molecule has 2 aliphatic rings. The van der Waals surface area contributed by atoms with E-state index in [1.54, 1.807) is 0 Å². The lowest BCUT2D eigenvalue weighted by molar-refractivity contribution is -0.123. The molecule has 2 fully saturated rings. The highest BCUT2D eigenvalue weighted by atomic mass is 32.2. The first-order chi connectivity index (χ1) is 8.47. The highest BCUT2D eigenvalue weighted by Gasteiger charge is 2.28. The molecule has 0 aliphatic carbocycles. The average molecular weight is 275 g/mol. The molecule has 1 atom stereocenters. The van der Waals surface area contributed by atoms with E-state index in [0.29, 0.717) is 25.9 Å². The SMILES string of the molecule is CS(=O)(=O)N1CCC(NC(=O)[C@@H]2CCCN2)CC1. The van der Waals surface area contributed by atoms with E-state index in [0.717, 1.165) is 19.4 Å². The van der Waals surface area contributed by atoms with Gasteiger partial charge in [-0.3, -0.25) is 4.79 Å². The number of amides is 1. The largest absolute Gasteiger partial charge is 0.352 e. The van der Waals surface area contributed by atoms with Gasteiger partial charge in [0.05, 0.1) is 12.3 Å². The first-order valence-electron chi connectivity index (χ1n) is 6.46. The predicted molar refractivity (Wildman–Crippen MR) is 68.6 cm³/mol. The van der Waals surface area contributed by atoms with E-state index in [9.17, 15) is 13.2 Å². The van der Waals surface area contributed by atoms with E-state index < -0.39 is 10.0 Å². The molecule has 2 saturated heterocycles. The van der Waals surface area contributed by atoms with Crippen molar-refractivity contribution in [1.29, 1.82) is 0 Å². The third-order valence-electron chi connectivity index (χ3n) is 3.65. The summed E-state index contributed by atoms with van der Waals surface area (Å²) in [6.07, 6.45) is 4.57. The van der Waals surface area contributed by atoms with Crippen LogP contribution < -0.4 is 10.6 Å². The van der Waals surface area contributed by atoms with Crippen molar-refractivity contribution in [1.82, 2.24) is 14.9 Å². The summed E-state index contributed by atoms with van der Waals surface area (Å²) in [6, 6.07) is 0.0517. The molecule has 7 heteroatoms. The monoisotopic (exact) mass is 275 g/mol. The number of nitrogens with one attached hydrogen (secondary N) is 2. The first kappa shape index (κ1) is 13.8. The molecule has 2 aliphatic heterocycles. The molecule has 2 rings (SSSR count). The Kier molecular flexibility index (Phi) is 4.24. The zero-order chi connectivity index (χ0) is 13.2. The molecule has 0 spiro atoms. The Morgan fingerprint density at radius 3 is 2.44 bits per heavy atom. The zero-order valence-corrected chi connectivity index (χ0v) is 11.5. The molecule has 0 aromatic rings. The Hall–Kier alpha value is -0.660. The van der Waals surface area contributed by atoms with Gasteiger partial charge in [-0.2, -0.15) is 0 Å². The molecular weight excluding hydrogens is 254 g/mol. The van der Waals surface area contributed by atoms with Gasteiger partial charge in [0.1, 0.15) is 0 Å². The van der Waals surface area contributed by atoms with E-state index in [-0.39, 0.29) is 18.0 Å². The molecule has 2 N–H and O–H groups in total. The number of hydrogen-bond acceptors (Lipinski definition) is 4. The molecule has 0 bridgehead atoms. The number of carbonyl (C=O) groups is 1. The number of sulfonamides is 1. The summed E-state index contributed by atoms with van der Waals surface area (Å²) in [6.45, 7) is 1.91. The van der Waals surface area contributed by atoms with Gasteiger partial charge < -0.3 is 10.6 Å². The molecule has 104 valence electrons. The van der Waals surface area contributed by atoms with E-state index in [1.807, 2.05) is 0 Å². The van der Waals surface area contributed by atoms with E-state index >= 15 is 0 Å². The molecular formula is C11H21N3O3S. The summed E-state index contributed by atoms with van der Waals surface area (Å²) in [4.78, 5) is 11.9. The van der Waals surface area contributed by atoms with Gasteiger partial charge in [0.2, 0.25) is 15.9 Å². The molecule has 0 radical (unpaired) electrons. The van der Waals surface area contributed by atoms with Crippen molar-refractivity contribution < 1.29 is 13.2 Å². The molecule has 0 aromatic heterocycles. The van der Waals surface area contributed by atoms with Crippen molar-refractivity contribution in [3.8, 4) is 0 Å². The van der Waals surface area contributed by atoms with Crippen LogP contribution in [0, 0.1) is 0 Å². The minimum Gasteiger partial charge on any atom is -0.352 e. The second kappa shape index (κ2) is 5.54. The van der Waals surface area contributed by atoms with E-state index in [2.05, 4.69) is 10.6 Å². The molecule has 0 saturated carbocycles. The maximum absolute atomic E-state index is 11.9. The third-order valence-corrected chi connectivity index (χ3v) is 4.95. The molecule has 1 amide bonds. The van der Waals surface area contributed by atoms with Crippen LogP contribution in [0.1, 0.15) is 25.7 Å². The predicted octanol–water partition coefficient (Wildman–Crippen LogP) is -0.721. The fraction of sp³-hybridized carbons (Fsp3) is 0.909. The summed E-state index contributed by atoms with van der Waals surface area (Å²) in [5.41, 5.74) is 0. The van der Waals surface area contributed by atoms with Gasteiger partial charge in [-0.05, 0) is 32.2 Å². The van der Waals surface area contributed by atoms with Crippen LogP contribution >= 0.6 is 0 Å². The van der Waals surface area contributed by atoms with Gasteiger partial charge in [0, 0.05) is 19.1 Å². The van der Waals surface area contributed by atoms with Crippen LogP contribution in [-0.4, -0.2) is 56.6 Å². The highest BCUT2D eigenvalue weighted by Crippen LogP contribution is 2.14. The van der Waals surface area contributed by atoms with Crippen LogP contribution in [0.2, 0.25) is 0 Å². The highest BCUT2D eigenvalue weighted by molar-refractivity contribution is 7.88. The Morgan fingerprint density at radius 2 is 1.94 bits per heavy atom. The van der Waals surface area contributed by atoms with Crippen LogP contribution in [0.4, 0.5) is 0 Å². The summed E-state index contributed by atoms with van der Waals surface area (Å²) in [7, 11) is -3.09. The lowest BCUT2D eigenvalue weighted by Crippen LogP contribution is -2.50. The van der Waals surface area contributed by atoms with Crippen LogP contribution in [0.3, 0.4) is 0 Å². The van der Waals surface area contributed by atoms with Gasteiger partial charge in [-0.1, -0.05) is 0 Å². The second-order valence-electron chi connectivity index (χ2n) is 5.09. The lowest BCUT2D eigenvalue weighted by atomic mass is 10.1. The minimum absolute atomic E-state index is 0.0575. The number of hydrogen-bond donors (Lipinski definition) is 2. The van der Waals surface area contributed by atoms with Crippen molar-refractivity contribution in [2.75, 3.05) is 25.9 Å². The number of carbonyl (C=O) groups excluding carboxylic acids is 1. The van der Waals surface area contributed by atoms with E-state index in [4.69, 9.17) is 0 Å². The van der Waals surface area contributed by atoms with Crippen molar-refractivity contribution >= 4 is 15.9 Å². The number of nitrogens with zero attached hydrogens (tertiary/aromatic N) is 1. The average Bonchev–Trinajstić information content (AvgIpc) is 2.82. The second-order valence-corrected chi connectivity index (χ2v) is 7.08. The van der Waals surface area contributed by atoms with Gasteiger partial charge in [0.15, 0.2) is 0 Å². The van der Waals surface area contributed by atoms with Crippen LogP contribution in [0.15, 0.2) is 0 Å². The molecule has 6 nitrogen and oxygen atoms in total. The topological polar surface area (TPSA) is 78.5 Å². The van der Waals surface area contributed by atoms with Gasteiger partial charge in [-0.25, -0.2) is 12.7 Å². The summed E-state index contributed by atoms with van der Waals surface area (Å²) in [5, 5.41) is 6.17. The van der Waals surface area contributed by atoms with Crippen molar-refractivity contribution in [3.05, 3.63) is 0 Å². The van der Waals surface area contributed by atoms with Crippen LogP contribution in [0.5, 0.6) is 0 Å². The Labute approximate surface area is 108 Å². The Balaban J connectivity index is 1.78. The third kappa shape index (κ3) is 3.43. The number of rotatable bonds is 3. The van der Waals surface area contributed by atoms with Crippen molar-refractivity contribution in [2.45, 2.75) is 37.8 Å². The van der Waals surface area contributed by atoms with Gasteiger partial charge in [0.25, 0.3) is 0 Å². The normalized spacial score (nSPS) is 27.3. The summed E-state index contributed by atoms with van der Waals surface area (Å²) in [5.74, 6) is 0.0605. The van der Waals surface area contributed by atoms with Gasteiger partial charge in [-0.15, -0.1) is 0 Å². The smallest absolute Gasteiger partial charge is 0.237 e. The molecule has 0 unspecified atom stereocenters. The van der Waals surface area contributed by atoms with Crippen LogP contribution in [0.25, 0.3) is 0 Å². The molecule has 0 aromatic carbocycles. The molecule has 2 heterocycles. The summed E-state index contributed by atoms with van der Waals surface area (Å²) < 4.78 is 24.2.